The summed E-state index contributed by atoms with van der Waals surface area (Å²) in [7, 11) is 1.75. The van der Waals surface area contributed by atoms with Crippen LogP contribution in [0.15, 0.2) is 46.4 Å². The van der Waals surface area contributed by atoms with Gasteiger partial charge in [-0.2, -0.15) is 0 Å². The van der Waals surface area contributed by atoms with Crippen molar-refractivity contribution < 1.29 is 0 Å². The van der Waals surface area contributed by atoms with Gasteiger partial charge in [0.25, 0.3) is 0 Å². The Morgan fingerprint density at radius 2 is 2.00 bits per heavy atom. The predicted molar refractivity (Wildman–Crippen MR) is 68.5 cm³/mol. The van der Waals surface area contributed by atoms with E-state index in [1.807, 2.05) is 36.8 Å². The highest BCUT2D eigenvalue weighted by Gasteiger charge is 1.98. The van der Waals surface area contributed by atoms with Gasteiger partial charge < -0.3 is 0 Å². The molecular formula is C11H16N2S. The molecule has 0 heterocycles. The maximum Gasteiger partial charge on any atom is 0.0878 e. The number of thioether (sulfide) groups is 1. The lowest BCUT2D eigenvalue weighted by Crippen LogP contribution is -2.08. The van der Waals surface area contributed by atoms with E-state index in [2.05, 4.69) is 16.6 Å². The lowest BCUT2D eigenvalue weighted by atomic mass is 10.2. The molecule has 0 saturated carbocycles. The van der Waals surface area contributed by atoms with Crippen LogP contribution in [0.2, 0.25) is 0 Å². The van der Waals surface area contributed by atoms with Crippen molar-refractivity contribution in [3.05, 3.63) is 36.4 Å². The molecule has 2 nitrogen and oxygen atoms in total. The summed E-state index contributed by atoms with van der Waals surface area (Å²) in [6.45, 7) is 5.52. The molecule has 0 saturated heterocycles. The van der Waals surface area contributed by atoms with Gasteiger partial charge in [-0.25, -0.2) is 0 Å². The highest BCUT2D eigenvalue weighted by atomic mass is 32.2. The maximum atomic E-state index is 4.15. The van der Waals surface area contributed by atoms with Crippen LogP contribution in [0, 0.1) is 0 Å². The lowest BCUT2D eigenvalue weighted by molar-refractivity contribution is 1.45. The average molecular weight is 208 g/mol. The van der Waals surface area contributed by atoms with Crippen molar-refractivity contribution in [2.24, 2.45) is 9.98 Å². The molecule has 0 aromatic carbocycles. The SMILES string of the molecule is C=C/N=C(/C=C\C)C(\C=C\SC)=N\C. The zero-order valence-electron chi connectivity index (χ0n) is 8.90. The molecule has 0 fully saturated rings. The number of nitrogens with zero attached hydrogens (tertiary/aromatic N) is 2. The fraction of sp³-hybridized carbons (Fsp3) is 0.273. The van der Waals surface area contributed by atoms with Crippen LogP contribution in [0.3, 0.4) is 0 Å². The van der Waals surface area contributed by atoms with E-state index in [1.165, 1.54) is 6.20 Å². The van der Waals surface area contributed by atoms with E-state index in [0.29, 0.717) is 0 Å². The quantitative estimate of drug-likeness (QED) is 0.637. The Hall–Kier alpha value is -1.09. The van der Waals surface area contributed by atoms with Gasteiger partial charge in [0.2, 0.25) is 0 Å². The molecule has 0 rings (SSSR count). The Bertz CT molecular complexity index is 286. The van der Waals surface area contributed by atoms with Crippen LogP contribution >= 0.6 is 11.8 Å². The van der Waals surface area contributed by atoms with Crippen molar-refractivity contribution in [1.82, 2.24) is 0 Å². The van der Waals surface area contributed by atoms with Gasteiger partial charge in [0.15, 0.2) is 0 Å². The molecular weight excluding hydrogens is 192 g/mol. The summed E-state index contributed by atoms with van der Waals surface area (Å²) < 4.78 is 0. The number of aliphatic imine (C=N–C) groups is 2. The zero-order chi connectivity index (χ0) is 10.8. The van der Waals surface area contributed by atoms with E-state index in [9.17, 15) is 0 Å². The molecule has 76 valence electrons. The molecule has 14 heavy (non-hydrogen) atoms. The molecule has 0 bridgehead atoms. The van der Waals surface area contributed by atoms with Gasteiger partial charge in [0, 0.05) is 13.2 Å². The molecule has 0 atom stereocenters. The minimum absolute atomic E-state index is 0.829. The highest BCUT2D eigenvalue weighted by molar-refractivity contribution is 8.01. The molecule has 0 aromatic heterocycles. The van der Waals surface area contributed by atoms with Crippen LogP contribution in [0.4, 0.5) is 0 Å². The predicted octanol–water partition coefficient (Wildman–Crippen LogP) is 3.09. The molecule has 0 aromatic rings. The first kappa shape index (κ1) is 12.9. The summed E-state index contributed by atoms with van der Waals surface area (Å²) in [5.74, 6) is 0. The number of hydrogen-bond acceptors (Lipinski definition) is 3. The largest absolute Gasteiger partial charge is 0.286 e. The first-order chi connectivity index (χ1) is 6.79. The topological polar surface area (TPSA) is 24.7 Å². The summed E-state index contributed by atoms with van der Waals surface area (Å²) in [5.41, 5.74) is 1.69. The number of rotatable bonds is 5. The second-order valence-electron chi connectivity index (χ2n) is 2.34. The molecule has 0 aliphatic heterocycles. The smallest absolute Gasteiger partial charge is 0.0878 e. The van der Waals surface area contributed by atoms with Gasteiger partial charge in [-0.05, 0) is 30.7 Å². The normalized spacial score (nSPS) is 14.2. The highest BCUT2D eigenvalue weighted by Crippen LogP contribution is 1.98. The van der Waals surface area contributed by atoms with Crippen molar-refractivity contribution in [1.29, 1.82) is 0 Å². The summed E-state index contributed by atoms with van der Waals surface area (Å²) in [4.78, 5) is 8.29. The first-order valence-corrected chi connectivity index (χ1v) is 5.56. The monoisotopic (exact) mass is 208 g/mol. The van der Waals surface area contributed by atoms with E-state index < -0.39 is 0 Å². The molecule has 0 amide bonds. The molecule has 0 unspecified atom stereocenters. The minimum atomic E-state index is 0.829. The Morgan fingerprint density at radius 3 is 2.43 bits per heavy atom. The van der Waals surface area contributed by atoms with Crippen LogP contribution in [-0.2, 0) is 0 Å². The summed E-state index contributed by atoms with van der Waals surface area (Å²) in [6, 6.07) is 0. The zero-order valence-corrected chi connectivity index (χ0v) is 9.71. The van der Waals surface area contributed by atoms with Crippen molar-refractivity contribution in [2.75, 3.05) is 13.3 Å². The van der Waals surface area contributed by atoms with Crippen LogP contribution in [0.1, 0.15) is 6.92 Å². The van der Waals surface area contributed by atoms with Crippen molar-refractivity contribution in [3.63, 3.8) is 0 Å². The first-order valence-electron chi connectivity index (χ1n) is 4.28. The van der Waals surface area contributed by atoms with Crippen molar-refractivity contribution in [3.8, 4) is 0 Å². The molecule has 0 radical (unpaired) electrons. The van der Waals surface area contributed by atoms with E-state index in [-0.39, 0.29) is 0 Å². The Morgan fingerprint density at radius 1 is 1.29 bits per heavy atom. The summed E-state index contributed by atoms with van der Waals surface area (Å²) in [6.07, 6.45) is 9.30. The summed E-state index contributed by atoms with van der Waals surface area (Å²) in [5, 5.41) is 1.98. The third-order valence-electron chi connectivity index (χ3n) is 1.42. The van der Waals surface area contributed by atoms with Gasteiger partial charge in [-0.15, -0.1) is 11.8 Å². The molecule has 0 N–H and O–H groups in total. The Labute approximate surface area is 90.2 Å². The van der Waals surface area contributed by atoms with Gasteiger partial charge in [-0.3, -0.25) is 9.98 Å². The Kier molecular flexibility index (Phi) is 7.84. The van der Waals surface area contributed by atoms with Crippen LogP contribution in [-0.4, -0.2) is 24.7 Å². The van der Waals surface area contributed by atoms with E-state index in [4.69, 9.17) is 0 Å². The lowest BCUT2D eigenvalue weighted by Gasteiger charge is -1.98. The third-order valence-corrected chi connectivity index (χ3v) is 1.83. The second-order valence-corrected chi connectivity index (χ2v) is 3.09. The van der Waals surface area contributed by atoms with E-state index >= 15 is 0 Å². The van der Waals surface area contributed by atoms with Gasteiger partial charge in [0.05, 0.1) is 11.4 Å². The Balaban J connectivity index is 4.87. The van der Waals surface area contributed by atoms with Crippen molar-refractivity contribution in [2.45, 2.75) is 6.92 Å². The third kappa shape index (κ3) is 4.82. The van der Waals surface area contributed by atoms with Crippen LogP contribution in [0.25, 0.3) is 0 Å². The van der Waals surface area contributed by atoms with Crippen LogP contribution in [0.5, 0.6) is 0 Å². The average Bonchev–Trinajstić information content (AvgIpc) is 2.19. The van der Waals surface area contributed by atoms with Gasteiger partial charge in [-0.1, -0.05) is 12.7 Å². The van der Waals surface area contributed by atoms with E-state index in [0.717, 1.165) is 11.4 Å². The number of allylic oxidation sites excluding steroid dienone is 3. The van der Waals surface area contributed by atoms with Gasteiger partial charge in [0.1, 0.15) is 0 Å². The van der Waals surface area contributed by atoms with Crippen LogP contribution < -0.4 is 0 Å². The van der Waals surface area contributed by atoms with Gasteiger partial charge >= 0.3 is 0 Å². The fourth-order valence-electron chi connectivity index (χ4n) is 0.858. The standard InChI is InChI=1S/C11H16N2S/c1-5-7-11(13-6-2)10(12-3)8-9-14-4/h5-9H,2H2,1,3-4H3/b7-5-,9-8+,12-10+,13-11-. The maximum absolute atomic E-state index is 4.15. The molecule has 0 aliphatic rings. The fourth-order valence-corrected chi connectivity index (χ4v) is 1.12. The molecule has 0 aliphatic carbocycles. The number of hydrogen-bond donors (Lipinski definition) is 0. The van der Waals surface area contributed by atoms with Crippen molar-refractivity contribution >= 4 is 23.2 Å². The molecule has 0 spiro atoms. The second kappa shape index (κ2) is 8.51. The minimum Gasteiger partial charge on any atom is -0.286 e. The van der Waals surface area contributed by atoms with E-state index in [1.54, 1.807) is 18.8 Å². The summed E-state index contributed by atoms with van der Waals surface area (Å²) >= 11 is 1.63. The molecule has 3 heteroatoms.